The molecule has 1 fully saturated rings. The number of aromatic nitrogens is 1. The largest absolute Gasteiger partial charge is 0.356 e. The molecule has 2 amide bonds. The Morgan fingerprint density at radius 1 is 1.15 bits per heavy atom. The van der Waals surface area contributed by atoms with E-state index in [-0.39, 0.29) is 6.03 Å². The molecule has 0 atom stereocenters. The van der Waals surface area contributed by atoms with Crippen molar-refractivity contribution in [1.82, 2.24) is 20.3 Å². The van der Waals surface area contributed by atoms with Crippen molar-refractivity contribution in [2.45, 2.75) is 19.5 Å². The van der Waals surface area contributed by atoms with E-state index in [0.717, 1.165) is 53.3 Å². The van der Waals surface area contributed by atoms with Crippen molar-refractivity contribution < 1.29 is 9.32 Å². The normalized spacial score (nSPS) is 15.2. The number of urea groups is 1. The van der Waals surface area contributed by atoms with Crippen molar-refractivity contribution in [1.29, 1.82) is 0 Å². The van der Waals surface area contributed by atoms with Gasteiger partial charge in [0.05, 0.1) is 13.2 Å². The number of carbonyl (C=O) groups excluding carboxylic acids is 1. The second kappa shape index (κ2) is 7.98. The van der Waals surface area contributed by atoms with Gasteiger partial charge in [0, 0.05) is 30.0 Å². The summed E-state index contributed by atoms with van der Waals surface area (Å²) in [6.07, 6.45) is 0.935. The SMILES string of the molecule is O=C(NCc1noc2ccccc12)N1CCCN(Cc2ccccc2Cl)C1. The molecule has 140 valence electrons. The van der Waals surface area contributed by atoms with Gasteiger partial charge in [0.2, 0.25) is 0 Å². The van der Waals surface area contributed by atoms with Crippen molar-refractivity contribution in [3.63, 3.8) is 0 Å². The third-order valence-corrected chi connectivity index (χ3v) is 5.14. The van der Waals surface area contributed by atoms with Crippen LogP contribution in [0.2, 0.25) is 5.02 Å². The van der Waals surface area contributed by atoms with Crippen LogP contribution < -0.4 is 5.32 Å². The lowest BCUT2D eigenvalue weighted by Gasteiger charge is -2.35. The van der Waals surface area contributed by atoms with E-state index < -0.39 is 0 Å². The number of nitrogens with zero attached hydrogens (tertiary/aromatic N) is 3. The number of rotatable bonds is 4. The molecule has 1 N–H and O–H groups in total. The molecular weight excluding hydrogens is 364 g/mol. The highest BCUT2D eigenvalue weighted by Crippen LogP contribution is 2.20. The minimum absolute atomic E-state index is 0.0917. The van der Waals surface area contributed by atoms with Gasteiger partial charge in [-0.05, 0) is 30.2 Å². The quantitative estimate of drug-likeness (QED) is 0.742. The maximum Gasteiger partial charge on any atom is 0.318 e. The highest BCUT2D eigenvalue weighted by Gasteiger charge is 2.22. The van der Waals surface area contributed by atoms with Gasteiger partial charge in [0.15, 0.2) is 5.58 Å². The molecule has 1 aromatic heterocycles. The van der Waals surface area contributed by atoms with Crippen molar-refractivity contribution in [2.24, 2.45) is 0 Å². The summed E-state index contributed by atoms with van der Waals surface area (Å²) in [5, 5.41) is 8.70. The van der Waals surface area contributed by atoms with Crippen molar-refractivity contribution >= 4 is 28.6 Å². The first-order chi connectivity index (χ1) is 13.2. The Bertz CT molecular complexity index is 942. The zero-order valence-corrected chi connectivity index (χ0v) is 15.7. The van der Waals surface area contributed by atoms with E-state index >= 15 is 0 Å². The second-order valence-electron chi connectivity index (χ2n) is 6.69. The molecule has 27 heavy (non-hydrogen) atoms. The first-order valence-corrected chi connectivity index (χ1v) is 9.40. The summed E-state index contributed by atoms with van der Waals surface area (Å²) >= 11 is 6.26. The molecule has 1 saturated heterocycles. The van der Waals surface area contributed by atoms with Crippen LogP contribution in [0.3, 0.4) is 0 Å². The maximum atomic E-state index is 12.6. The van der Waals surface area contributed by atoms with Gasteiger partial charge in [-0.1, -0.05) is 47.1 Å². The van der Waals surface area contributed by atoms with Crippen LogP contribution in [0, 0.1) is 0 Å². The molecule has 1 aliphatic heterocycles. The summed E-state index contributed by atoms with van der Waals surface area (Å²) in [6, 6.07) is 15.4. The lowest BCUT2D eigenvalue weighted by molar-refractivity contribution is 0.0982. The number of carbonyl (C=O) groups is 1. The predicted molar refractivity (Wildman–Crippen MR) is 104 cm³/mol. The summed E-state index contributed by atoms with van der Waals surface area (Å²) in [4.78, 5) is 16.7. The second-order valence-corrected chi connectivity index (χ2v) is 7.09. The van der Waals surface area contributed by atoms with E-state index in [2.05, 4.69) is 15.4 Å². The van der Waals surface area contributed by atoms with Gasteiger partial charge in [0.1, 0.15) is 5.69 Å². The van der Waals surface area contributed by atoms with E-state index in [4.69, 9.17) is 16.1 Å². The molecule has 1 aliphatic rings. The van der Waals surface area contributed by atoms with Crippen molar-refractivity contribution in [2.75, 3.05) is 19.8 Å². The van der Waals surface area contributed by atoms with Crippen LogP contribution in [-0.2, 0) is 13.1 Å². The first kappa shape index (κ1) is 17.8. The van der Waals surface area contributed by atoms with Gasteiger partial charge in [-0.15, -0.1) is 0 Å². The summed E-state index contributed by atoms with van der Waals surface area (Å²) in [5.41, 5.74) is 2.55. The zero-order chi connectivity index (χ0) is 18.6. The molecule has 0 spiro atoms. The molecular formula is C20H21ClN4O2. The van der Waals surface area contributed by atoms with Crippen LogP contribution in [0.15, 0.2) is 53.1 Å². The minimum atomic E-state index is -0.0917. The van der Waals surface area contributed by atoms with Crippen LogP contribution in [-0.4, -0.2) is 40.7 Å². The molecule has 6 nitrogen and oxygen atoms in total. The molecule has 0 saturated carbocycles. The number of para-hydroxylation sites is 1. The lowest BCUT2D eigenvalue weighted by atomic mass is 10.2. The van der Waals surface area contributed by atoms with Gasteiger partial charge in [-0.3, -0.25) is 4.90 Å². The van der Waals surface area contributed by atoms with Gasteiger partial charge in [0.25, 0.3) is 0 Å². The topological polar surface area (TPSA) is 61.6 Å². The van der Waals surface area contributed by atoms with E-state index in [9.17, 15) is 4.79 Å². The minimum Gasteiger partial charge on any atom is -0.356 e. The average molecular weight is 385 g/mol. The predicted octanol–water partition coefficient (Wildman–Crippen LogP) is 3.86. The Morgan fingerprint density at radius 2 is 1.96 bits per heavy atom. The number of benzene rings is 2. The Morgan fingerprint density at radius 3 is 2.85 bits per heavy atom. The van der Waals surface area contributed by atoms with Gasteiger partial charge in [-0.25, -0.2) is 4.79 Å². The zero-order valence-electron chi connectivity index (χ0n) is 14.9. The molecule has 0 aliphatic carbocycles. The fourth-order valence-corrected chi connectivity index (χ4v) is 3.56. The first-order valence-electron chi connectivity index (χ1n) is 9.02. The summed E-state index contributed by atoms with van der Waals surface area (Å²) in [6.45, 7) is 3.35. The van der Waals surface area contributed by atoms with Crippen LogP contribution in [0.4, 0.5) is 4.79 Å². The molecule has 2 aromatic carbocycles. The van der Waals surface area contributed by atoms with Crippen molar-refractivity contribution in [3.05, 3.63) is 64.8 Å². The lowest BCUT2D eigenvalue weighted by Crippen LogP contribution is -2.50. The third-order valence-electron chi connectivity index (χ3n) is 4.77. The Balaban J connectivity index is 1.35. The van der Waals surface area contributed by atoms with Crippen LogP contribution in [0.5, 0.6) is 0 Å². The molecule has 4 rings (SSSR count). The Kier molecular flexibility index (Phi) is 5.27. The van der Waals surface area contributed by atoms with Crippen LogP contribution in [0.1, 0.15) is 17.7 Å². The third kappa shape index (κ3) is 4.07. The van der Waals surface area contributed by atoms with Crippen LogP contribution in [0.25, 0.3) is 11.0 Å². The fraction of sp³-hybridized carbons (Fsp3) is 0.300. The average Bonchev–Trinajstić information content (AvgIpc) is 3.11. The summed E-state index contributed by atoms with van der Waals surface area (Å²) in [7, 11) is 0. The monoisotopic (exact) mass is 384 g/mol. The van der Waals surface area contributed by atoms with Gasteiger partial charge in [-0.2, -0.15) is 0 Å². The highest BCUT2D eigenvalue weighted by atomic mass is 35.5. The molecule has 3 aromatic rings. The summed E-state index contributed by atoms with van der Waals surface area (Å²) in [5.74, 6) is 0. The smallest absolute Gasteiger partial charge is 0.318 e. The molecule has 0 bridgehead atoms. The van der Waals surface area contributed by atoms with E-state index in [1.807, 2.05) is 53.4 Å². The molecule has 0 unspecified atom stereocenters. The van der Waals surface area contributed by atoms with Gasteiger partial charge >= 0.3 is 6.03 Å². The number of amides is 2. The number of nitrogens with one attached hydrogen (secondary N) is 1. The van der Waals surface area contributed by atoms with Crippen LogP contribution >= 0.6 is 11.6 Å². The molecule has 2 heterocycles. The molecule has 0 radical (unpaired) electrons. The fourth-order valence-electron chi connectivity index (χ4n) is 3.37. The number of fused-ring (bicyclic) bond motifs is 1. The Hall–Kier alpha value is -2.57. The Labute approximate surface area is 162 Å². The standard InChI is InChI=1S/C20H21ClN4O2/c21-17-8-3-1-6-15(17)13-24-10-5-11-25(14-24)20(26)22-12-18-16-7-2-4-9-19(16)27-23-18/h1-4,6-9H,5,10-14H2,(H,22,26). The number of hydrogen-bond donors (Lipinski definition) is 1. The highest BCUT2D eigenvalue weighted by molar-refractivity contribution is 6.31. The van der Waals surface area contributed by atoms with Gasteiger partial charge < -0.3 is 14.7 Å². The maximum absolute atomic E-state index is 12.6. The number of halogens is 1. The number of hydrogen-bond acceptors (Lipinski definition) is 4. The van der Waals surface area contributed by atoms with Crippen molar-refractivity contribution in [3.8, 4) is 0 Å². The van der Waals surface area contributed by atoms with E-state index in [0.29, 0.717) is 13.2 Å². The van der Waals surface area contributed by atoms with E-state index in [1.165, 1.54) is 0 Å². The van der Waals surface area contributed by atoms with E-state index in [1.54, 1.807) is 0 Å². The molecule has 7 heteroatoms. The summed E-state index contributed by atoms with van der Waals surface area (Å²) < 4.78 is 5.29.